The molecule has 0 spiro atoms. The maximum Gasteiger partial charge on any atom is 0.0738 e. The van der Waals surface area contributed by atoms with E-state index in [0.717, 1.165) is 28.8 Å². The Morgan fingerprint density at radius 3 is 2.69 bits per heavy atom. The lowest BCUT2D eigenvalue weighted by Gasteiger charge is -2.03. The fourth-order valence-electron chi connectivity index (χ4n) is 1.66. The lowest BCUT2D eigenvalue weighted by Crippen LogP contribution is -2.06. The van der Waals surface area contributed by atoms with Crippen LogP contribution in [0, 0.1) is 13.8 Å². The van der Waals surface area contributed by atoms with Crippen molar-refractivity contribution in [3.63, 3.8) is 0 Å². The van der Waals surface area contributed by atoms with Gasteiger partial charge in [0.05, 0.1) is 10.2 Å². The highest BCUT2D eigenvalue weighted by atomic mass is 79.9. The minimum Gasteiger partial charge on any atom is -0.268 e. The Morgan fingerprint density at radius 2 is 2.12 bits per heavy atom. The fraction of sp³-hybridized carbons (Fsp3) is 0.333. The highest BCUT2D eigenvalue weighted by molar-refractivity contribution is 9.10. The Bertz CT molecular complexity index is 477. The number of pyridine rings is 1. The smallest absolute Gasteiger partial charge is 0.0738 e. The molecule has 0 aliphatic rings. The van der Waals surface area contributed by atoms with Crippen molar-refractivity contribution in [1.29, 1.82) is 0 Å². The van der Waals surface area contributed by atoms with Crippen LogP contribution in [0.15, 0.2) is 28.9 Å². The normalized spacial score (nSPS) is 10.7. The van der Waals surface area contributed by atoms with Gasteiger partial charge in [0.1, 0.15) is 0 Å². The van der Waals surface area contributed by atoms with Crippen LogP contribution in [0.25, 0.3) is 0 Å². The Hall–Kier alpha value is -1.16. The van der Waals surface area contributed by atoms with E-state index in [0.29, 0.717) is 0 Å². The molecule has 0 aromatic carbocycles. The Morgan fingerprint density at radius 1 is 1.31 bits per heavy atom. The second-order valence-electron chi connectivity index (χ2n) is 3.78. The molecule has 0 fully saturated rings. The zero-order valence-corrected chi connectivity index (χ0v) is 11.0. The van der Waals surface area contributed by atoms with E-state index >= 15 is 0 Å². The molecule has 0 saturated heterocycles. The zero-order valence-electron chi connectivity index (χ0n) is 9.44. The van der Waals surface area contributed by atoms with Gasteiger partial charge in [-0.05, 0) is 41.9 Å². The Balaban J connectivity index is 2.08. The van der Waals surface area contributed by atoms with Gasteiger partial charge in [-0.1, -0.05) is 6.07 Å². The van der Waals surface area contributed by atoms with E-state index in [4.69, 9.17) is 0 Å². The highest BCUT2D eigenvalue weighted by Crippen LogP contribution is 2.19. The van der Waals surface area contributed by atoms with Gasteiger partial charge in [0.15, 0.2) is 0 Å². The van der Waals surface area contributed by atoms with Crippen molar-refractivity contribution in [2.75, 3.05) is 0 Å². The molecule has 2 rings (SSSR count). The number of aryl methyl sites for hydroxylation is 3. The molecule has 0 atom stereocenters. The van der Waals surface area contributed by atoms with Gasteiger partial charge in [0.25, 0.3) is 0 Å². The topological polar surface area (TPSA) is 30.7 Å². The van der Waals surface area contributed by atoms with E-state index in [-0.39, 0.29) is 0 Å². The van der Waals surface area contributed by atoms with Crippen LogP contribution >= 0.6 is 15.9 Å². The molecular weight excluding hydrogens is 266 g/mol. The second kappa shape index (κ2) is 4.78. The van der Waals surface area contributed by atoms with E-state index in [9.17, 15) is 0 Å². The van der Waals surface area contributed by atoms with E-state index in [1.807, 2.05) is 36.0 Å². The molecule has 3 nitrogen and oxygen atoms in total. The predicted molar refractivity (Wildman–Crippen MR) is 67.3 cm³/mol. The van der Waals surface area contributed by atoms with E-state index in [1.165, 1.54) is 5.69 Å². The monoisotopic (exact) mass is 279 g/mol. The molecule has 2 aromatic heterocycles. The van der Waals surface area contributed by atoms with Gasteiger partial charge in [-0.2, -0.15) is 5.10 Å². The van der Waals surface area contributed by atoms with Crippen LogP contribution in [0.3, 0.4) is 0 Å². The molecular formula is C12H14BrN3. The molecule has 0 radical (unpaired) electrons. The Labute approximate surface area is 104 Å². The van der Waals surface area contributed by atoms with Crippen molar-refractivity contribution in [3.8, 4) is 0 Å². The fourth-order valence-corrected chi connectivity index (χ4v) is 1.94. The molecule has 84 valence electrons. The van der Waals surface area contributed by atoms with Gasteiger partial charge >= 0.3 is 0 Å². The van der Waals surface area contributed by atoms with Crippen LogP contribution in [0.1, 0.15) is 17.1 Å². The van der Waals surface area contributed by atoms with Crippen LogP contribution in [0.2, 0.25) is 0 Å². The van der Waals surface area contributed by atoms with Crippen LogP contribution in [-0.2, 0) is 13.0 Å². The van der Waals surface area contributed by atoms with Gasteiger partial charge in [-0.25, -0.2) is 0 Å². The summed E-state index contributed by atoms with van der Waals surface area (Å²) in [5.74, 6) is 0. The Kier molecular flexibility index (Phi) is 3.39. The highest BCUT2D eigenvalue weighted by Gasteiger charge is 2.08. The SMILES string of the molecule is Cc1nn(CCc2ccccn2)c(C)c1Br. The van der Waals surface area contributed by atoms with Crippen LogP contribution < -0.4 is 0 Å². The second-order valence-corrected chi connectivity index (χ2v) is 4.57. The third kappa shape index (κ3) is 2.32. The molecule has 2 heterocycles. The van der Waals surface area contributed by atoms with E-state index < -0.39 is 0 Å². The molecule has 0 unspecified atom stereocenters. The van der Waals surface area contributed by atoms with Gasteiger partial charge in [0, 0.05) is 30.6 Å². The molecule has 0 saturated carbocycles. The van der Waals surface area contributed by atoms with Crippen molar-refractivity contribution in [3.05, 3.63) is 46.0 Å². The van der Waals surface area contributed by atoms with Crippen molar-refractivity contribution in [1.82, 2.24) is 14.8 Å². The molecule has 0 N–H and O–H groups in total. The number of hydrogen-bond donors (Lipinski definition) is 0. The van der Waals surface area contributed by atoms with E-state index in [2.05, 4.69) is 32.9 Å². The summed E-state index contributed by atoms with van der Waals surface area (Å²) in [4.78, 5) is 4.30. The number of aromatic nitrogens is 3. The summed E-state index contributed by atoms with van der Waals surface area (Å²) in [6, 6.07) is 5.99. The maximum atomic E-state index is 4.47. The summed E-state index contributed by atoms with van der Waals surface area (Å²) in [7, 11) is 0. The molecule has 4 heteroatoms. The molecule has 0 bridgehead atoms. The molecule has 0 amide bonds. The zero-order chi connectivity index (χ0) is 11.5. The molecule has 16 heavy (non-hydrogen) atoms. The van der Waals surface area contributed by atoms with Crippen LogP contribution in [0.5, 0.6) is 0 Å². The first-order chi connectivity index (χ1) is 7.68. The molecule has 0 aliphatic carbocycles. The number of rotatable bonds is 3. The minimum absolute atomic E-state index is 0.870. The number of halogens is 1. The molecule has 2 aromatic rings. The lowest BCUT2D eigenvalue weighted by molar-refractivity contribution is 0.588. The number of hydrogen-bond acceptors (Lipinski definition) is 2. The average molecular weight is 280 g/mol. The van der Waals surface area contributed by atoms with Gasteiger partial charge in [0.2, 0.25) is 0 Å². The van der Waals surface area contributed by atoms with Crippen molar-refractivity contribution in [2.24, 2.45) is 0 Å². The minimum atomic E-state index is 0.870. The van der Waals surface area contributed by atoms with E-state index in [1.54, 1.807) is 0 Å². The average Bonchev–Trinajstić information content (AvgIpc) is 2.56. The first-order valence-electron chi connectivity index (χ1n) is 5.28. The van der Waals surface area contributed by atoms with Gasteiger partial charge < -0.3 is 0 Å². The van der Waals surface area contributed by atoms with Crippen molar-refractivity contribution in [2.45, 2.75) is 26.8 Å². The molecule has 0 aliphatic heterocycles. The maximum absolute atomic E-state index is 4.47. The summed E-state index contributed by atoms with van der Waals surface area (Å²) in [5.41, 5.74) is 3.32. The first-order valence-corrected chi connectivity index (χ1v) is 6.07. The lowest BCUT2D eigenvalue weighted by atomic mass is 10.3. The third-order valence-electron chi connectivity index (χ3n) is 2.60. The van der Waals surface area contributed by atoms with Crippen molar-refractivity contribution < 1.29 is 0 Å². The quantitative estimate of drug-likeness (QED) is 0.865. The first kappa shape index (κ1) is 11.3. The van der Waals surface area contributed by atoms with Crippen molar-refractivity contribution >= 4 is 15.9 Å². The van der Waals surface area contributed by atoms with Gasteiger partial charge in [-0.15, -0.1) is 0 Å². The predicted octanol–water partition coefficient (Wildman–Crippen LogP) is 2.90. The largest absolute Gasteiger partial charge is 0.268 e. The summed E-state index contributed by atoms with van der Waals surface area (Å²) in [6.45, 7) is 4.95. The summed E-state index contributed by atoms with van der Waals surface area (Å²) in [6.07, 6.45) is 2.74. The third-order valence-corrected chi connectivity index (χ3v) is 3.75. The summed E-state index contributed by atoms with van der Waals surface area (Å²) >= 11 is 3.53. The standard InChI is InChI=1S/C12H14BrN3/c1-9-12(13)10(2)16(15-9)8-6-11-5-3-4-7-14-11/h3-5,7H,6,8H2,1-2H3. The summed E-state index contributed by atoms with van der Waals surface area (Å²) < 4.78 is 3.13. The van der Waals surface area contributed by atoms with Gasteiger partial charge in [-0.3, -0.25) is 9.67 Å². The summed E-state index contributed by atoms with van der Waals surface area (Å²) in [5, 5.41) is 4.47. The number of nitrogens with zero attached hydrogens (tertiary/aromatic N) is 3. The van der Waals surface area contributed by atoms with Crippen LogP contribution in [0.4, 0.5) is 0 Å². The van der Waals surface area contributed by atoms with Crippen LogP contribution in [-0.4, -0.2) is 14.8 Å².